The van der Waals surface area contributed by atoms with Gasteiger partial charge < -0.3 is 10.2 Å². The largest absolute Gasteiger partial charge is 0.362 e. The second kappa shape index (κ2) is 8.10. The Labute approximate surface area is 167 Å². The van der Waals surface area contributed by atoms with Crippen molar-refractivity contribution in [2.45, 2.75) is 31.0 Å². The molecule has 0 spiro atoms. The van der Waals surface area contributed by atoms with Gasteiger partial charge in [0.2, 0.25) is 5.91 Å². The summed E-state index contributed by atoms with van der Waals surface area (Å²) >= 11 is 1.52. The van der Waals surface area contributed by atoms with Crippen LogP contribution in [0.5, 0.6) is 0 Å². The number of benzene rings is 1. The van der Waals surface area contributed by atoms with Gasteiger partial charge in [0.25, 0.3) is 11.8 Å². The first kappa shape index (κ1) is 20.6. The zero-order chi connectivity index (χ0) is 20.5. The molecule has 28 heavy (non-hydrogen) atoms. The molecule has 2 aliphatic rings. The number of nitrogens with one attached hydrogen (secondary N) is 1. The Morgan fingerprint density at radius 1 is 1.32 bits per heavy atom. The lowest BCUT2D eigenvalue weighted by Crippen LogP contribution is -2.69. The van der Waals surface area contributed by atoms with Gasteiger partial charge in [0.15, 0.2) is 0 Å². The highest BCUT2D eigenvalue weighted by Crippen LogP contribution is 2.36. The molecule has 2 heterocycles. The van der Waals surface area contributed by atoms with Crippen molar-refractivity contribution in [2.75, 3.05) is 18.6 Å². The van der Waals surface area contributed by atoms with Gasteiger partial charge in [-0.15, -0.1) is 0 Å². The fraction of sp³-hybridized carbons (Fsp3) is 0.471. The van der Waals surface area contributed by atoms with E-state index in [4.69, 9.17) is 4.55 Å². The first-order valence-electron chi connectivity index (χ1n) is 8.71. The topological polar surface area (TPSA) is 124 Å². The van der Waals surface area contributed by atoms with Crippen molar-refractivity contribution in [1.82, 2.24) is 14.5 Å². The van der Waals surface area contributed by atoms with Crippen LogP contribution in [0.3, 0.4) is 0 Å². The Morgan fingerprint density at radius 3 is 2.61 bits per heavy atom. The molecule has 152 valence electrons. The highest BCUT2D eigenvalue weighted by atomic mass is 32.2. The maximum Gasteiger partial charge on any atom is 0.362 e. The van der Waals surface area contributed by atoms with Crippen molar-refractivity contribution in [3.05, 3.63) is 35.9 Å². The lowest BCUT2D eigenvalue weighted by molar-refractivity contribution is -0.152. The summed E-state index contributed by atoms with van der Waals surface area (Å²) in [5, 5.41) is 2.72. The molecular weight excluding hydrogens is 406 g/mol. The molecule has 0 unspecified atom stereocenters. The van der Waals surface area contributed by atoms with E-state index in [1.54, 1.807) is 30.3 Å². The van der Waals surface area contributed by atoms with Crippen LogP contribution >= 0.6 is 11.8 Å². The fourth-order valence-corrected chi connectivity index (χ4v) is 4.96. The first-order chi connectivity index (χ1) is 13.3. The Balaban J connectivity index is 1.74. The van der Waals surface area contributed by atoms with Gasteiger partial charge in [-0.05, 0) is 37.0 Å². The highest BCUT2D eigenvalue weighted by molar-refractivity contribution is 7.98. The predicted molar refractivity (Wildman–Crippen MR) is 103 cm³/mol. The fourth-order valence-electron chi connectivity index (χ4n) is 3.59. The molecule has 3 amide bonds. The van der Waals surface area contributed by atoms with E-state index in [-0.39, 0.29) is 13.0 Å². The Kier molecular flexibility index (Phi) is 5.96. The van der Waals surface area contributed by atoms with Gasteiger partial charge in [0.1, 0.15) is 12.1 Å². The number of fused-ring (bicyclic) bond motifs is 1. The molecule has 11 heteroatoms. The van der Waals surface area contributed by atoms with Crippen molar-refractivity contribution >= 4 is 39.8 Å². The van der Waals surface area contributed by atoms with Crippen molar-refractivity contribution < 1.29 is 27.4 Å². The van der Waals surface area contributed by atoms with Crippen molar-refractivity contribution in [2.24, 2.45) is 0 Å². The van der Waals surface area contributed by atoms with Crippen molar-refractivity contribution in [3.8, 4) is 0 Å². The average Bonchev–Trinajstić information content (AvgIpc) is 3.02. The van der Waals surface area contributed by atoms with Crippen molar-refractivity contribution in [3.63, 3.8) is 0 Å². The van der Waals surface area contributed by atoms with Gasteiger partial charge in [0, 0.05) is 12.1 Å². The number of hydrogen-bond acceptors (Lipinski definition) is 6. The number of β-lactam (4-membered cyclic amide) rings is 1. The van der Waals surface area contributed by atoms with Gasteiger partial charge in [-0.1, -0.05) is 18.2 Å². The summed E-state index contributed by atoms with van der Waals surface area (Å²) in [6.07, 6.45) is 2.51. The standard InChI is InChI=1S/C17H21N3O6S2/c1-27-10-8-12(18-15(21)11-5-3-2-4-6-11)16(22)19-9-7-13-14(19)17(23)20(13)28(24,25)26/h2-6,12-14H,7-10H2,1H3,(H,18,21)(H,24,25,26)/t12-,13-,14+/m1/s1. The lowest BCUT2D eigenvalue weighted by Gasteiger charge is -2.43. The summed E-state index contributed by atoms with van der Waals surface area (Å²) in [5.74, 6) is -1.01. The maximum atomic E-state index is 13.0. The highest BCUT2D eigenvalue weighted by Gasteiger charge is 2.60. The van der Waals surface area contributed by atoms with Gasteiger partial charge in [-0.25, -0.2) is 4.31 Å². The number of amides is 3. The number of carbonyl (C=O) groups excluding carboxylic acids is 3. The summed E-state index contributed by atoms with van der Waals surface area (Å²) in [4.78, 5) is 39.0. The third-order valence-corrected chi connectivity index (χ3v) is 6.51. The molecule has 0 radical (unpaired) electrons. The molecular formula is C17H21N3O6S2. The number of rotatable bonds is 7. The molecule has 0 saturated carbocycles. The number of thioether (sulfide) groups is 1. The Bertz CT molecular complexity index is 876. The Hall–Kier alpha value is -2.11. The van der Waals surface area contributed by atoms with E-state index in [2.05, 4.69) is 5.32 Å². The molecule has 3 atom stereocenters. The van der Waals surface area contributed by atoms with Gasteiger partial charge in [0.05, 0.1) is 6.04 Å². The molecule has 2 saturated heterocycles. The maximum absolute atomic E-state index is 13.0. The van der Waals surface area contributed by atoms with E-state index < -0.39 is 46.2 Å². The summed E-state index contributed by atoms with van der Waals surface area (Å²) in [6.45, 7) is 0.183. The second-order valence-corrected chi connectivity index (χ2v) is 8.89. The van der Waals surface area contributed by atoms with E-state index in [0.29, 0.717) is 22.0 Å². The van der Waals surface area contributed by atoms with Crippen LogP contribution in [0.1, 0.15) is 23.2 Å². The van der Waals surface area contributed by atoms with Crippen LogP contribution < -0.4 is 5.32 Å². The summed E-state index contributed by atoms with van der Waals surface area (Å²) in [7, 11) is -4.64. The molecule has 1 aromatic carbocycles. The van der Waals surface area contributed by atoms with E-state index in [0.717, 1.165) is 0 Å². The zero-order valence-electron chi connectivity index (χ0n) is 15.1. The van der Waals surface area contributed by atoms with Gasteiger partial charge in [-0.3, -0.25) is 18.9 Å². The summed E-state index contributed by atoms with van der Waals surface area (Å²) < 4.78 is 32.2. The second-order valence-electron chi connectivity index (χ2n) is 6.62. The minimum Gasteiger partial charge on any atom is -0.340 e. The molecule has 2 fully saturated rings. The molecule has 0 aromatic heterocycles. The summed E-state index contributed by atoms with van der Waals surface area (Å²) in [5.41, 5.74) is 0.418. The van der Waals surface area contributed by atoms with Crippen LogP contribution in [-0.4, -0.2) is 76.6 Å². The SMILES string of the molecule is CSCC[C@@H](NC(=O)c1ccccc1)C(=O)N1CC[C@@H]2[C@H]1C(=O)N2S(=O)(=O)O. The third-order valence-electron chi connectivity index (χ3n) is 4.92. The number of likely N-dealkylation sites (tertiary alicyclic amines) is 1. The zero-order valence-corrected chi connectivity index (χ0v) is 16.8. The lowest BCUT2D eigenvalue weighted by atomic mass is 9.99. The quantitative estimate of drug-likeness (QED) is 0.469. The van der Waals surface area contributed by atoms with E-state index in [1.165, 1.54) is 16.7 Å². The normalized spacial score (nSPS) is 22.4. The van der Waals surface area contributed by atoms with Crippen LogP contribution in [0.15, 0.2) is 30.3 Å². The van der Waals surface area contributed by atoms with Crippen LogP contribution in [0.2, 0.25) is 0 Å². The third kappa shape index (κ3) is 3.87. The van der Waals surface area contributed by atoms with Crippen LogP contribution in [0.4, 0.5) is 0 Å². The van der Waals surface area contributed by atoms with Crippen molar-refractivity contribution in [1.29, 1.82) is 0 Å². The molecule has 2 aliphatic heterocycles. The molecule has 0 bridgehead atoms. The number of hydrogen-bond donors (Lipinski definition) is 2. The first-order valence-corrected chi connectivity index (χ1v) is 11.5. The van der Waals surface area contributed by atoms with E-state index >= 15 is 0 Å². The molecule has 9 nitrogen and oxygen atoms in total. The number of carbonyl (C=O) groups is 3. The average molecular weight is 428 g/mol. The van der Waals surface area contributed by atoms with E-state index in [1.807, 2.05) is 6.26 Å². The van der Waals surface area contributed by atoms with Crippen LogP contribution in [0.25, 0.3) is 0 Å². The molecule has 2 N–H and O–H groups in total. The minimum atomic E-state index is -4.64. The van der Waals surface area contributed by atoms with E-state index in [9.17, 15) is 22.8 Å². The van der Waals surface area contributed by atoms with Gasteiger partial charge in [-0.2, -0.15) is 20.2 Å². The van der Waals surface area contributed by atoms with Crippen LogP contribution in [-0.2, 0) is 19.9 Å². The molecule has 0 aliphatic carbocycles. The summed E-state index contributed by atoms with van der Waals surface area (Å²) in [6, 6.07) is 5.99. The monoisotopic (exact) mass is 427 g/mol. The molecule has 1 aromatic rings. The minimum absolute atomic E-state index is 0.183. The predicted octanol–water partition coefficient (Wildman–Crippen LogP) is 0.153. The smallest absolute Gasteiger partial charge is 0.340 e. The van der Waals surface area contributed by atoms with Crippen LogP contribution in [0, 0.1) is 0 Å². The molecule has 3 rings (SSSR count). The Morgan fingerprint density at radius 2 is 2.00 bits per heavy atom. The number of nitrogens with zero attached hydrogens (tertiary/aromatic N) is 2. The van der Waals surface area contributed by atoms with Gasteiger partial charge >= 0.3 is 10.3 Å².